The highest BCUT2D eigenvalue weighted by Crippen LogP contribution is 2.08. The number of hydrogen-bond donors (Lipinski definition) is 1. The molecular weight excluding hydrogens is 230 g/mol. The van der Waals surface area contributed by atoms with Gasteiger partial charge in [0.05, 0.1) is 13.2 Å². The second-order valence-electron chi connectivity index (χ2n) is 4.73. The first-order valence-corrected chi connectivity index (χ1v) is 6.53. The smallest absolute Gasteiger partial charge is 0.237 e. The highest BCUT2D eigenvalue weighted by atomic mass is 16.5. The summed E-state index contributed by atoms with van der Waals surface area (Å²) in [4.78, 5) is 16.1. The molecule has 0 bridgehead atoms. The standard InChI is InChI=1S/C13H25N3O2/c1-3-6-16(9-10-18-2)13(17)11-15-7-4-12(14)5-8-15/h3,12H,1,4-11,14H2,2H3. The third-order valence-electron chi connectivity index (χ3n) is 3.26. The van der Waals surface area contributed by atoms with Crippen molar-refractivity contribution in [3.05, 3.63) is 12.7 Å². The largest absolute Gasteiger partial charge is 0.383 e. The predicted molar refractivity (Wildman–Crippen MR) is 72.3 cm³/mol. The molecule has 104 valence electrons. The van der Waals surface area contributed by atoms with Crippen LogP contribution in [0, 0.1) is 0 Å². The number of carbonyl (C=O) groups is 1. The van der Waals surface area contributed by atoms with E-state index in [0.29, 0.717) is 32.3 Å². The van der Waals surface area contributed by atoms with E-state index >= 15 is 0 Å². The van der Waals surface area contributed by atoms with Gasteiger partial charge in [-0.15, -0.1) is 6.58 Å². The summed E-state index contributed by atoms with van der Waals surface area (Å²) in [6.45, 7) is 7.75. The Bertz CT molecular complexity index is 263. The molecule has 0 unspecified atom stereocenters. The summed E-state index contributed by atoms with van der Waals surface area (Å²) in [5.41, 5.74) is 5.85. The molecule has 2 N–H and O–H groups in total. The van der Waals surface area contributed by atoms with E-state index in [0.717, 1.165) is 25.9 Å². The summed E-state index contributed by atoms with van der Waals surface area (Å²) in [7, 11) is 1.64. The molecule has 1 saturated heterocycles. The van der Waals surface area contributed by atoms with E-state index in [9.17, 15) is 4.79 Å². The molecular formula is C13H25N3O2. The number of carbonyl (C=O) groups excluding carboxylic acids is 1. The van der Waals surface area contributed by atoms with Crippen molar-refractivity contribution in [3.63, 3.8) is 0 Å². The van der Waals surface area contributed by atoms with Crippen molar-refractivity contribution in [3.8, 4) is 0 Å². The topological polar surface area (TPSA) is 58.8 Å². The van der Waals surface area contributed by atoms with Gasteiger partial charge in [0.15, 0.2) is 0 Å². The van der Waals surface area contributed by atoms with Crippen LogP contribution in [0.25, 0.3) is 0 Å². The second kappa shape index (κ2) is 8.24. The van der Waals surface area contributed by atoms with Crippen molar-refractivity contribution < 1.29 is 9.53 Å². The van der Waals surface area contributed by atoms with Gasteiger partial charge in [-0.2, -0.15) is 0 Å². The number of methoxy groups -OCH3 is 1. The first-order valence-electron chi connectivity index (χ1n) is 6.53. The van der Waals surface area contributed by atoms with Crippen molar-refractivity contribution in [2.45, 2.75) is 18.9 Å². The van der Waals surface area contributed by atoms with Gasteiger partial charge < -0.3 is 15.4 Å². The van der Waals surface area contributed by atoms with Crippen LogP contribution in [0.5, 0.6) is 0 Å². The van der Waals surface area contributed by atoms with Crippen LogP contribution in [-0.2, 0) is 9.53 Å². The Labute approximate surface area is 110 Å². The number of nitrogens with two attached hydrogens (primary N) is 1. The molecule has 0 aromatic heterocycles. The zero-order chi connectivity index (χ0) is 13.4. The molecule has 5 nitrogen and oxygen atoms in total. The summed E-state index contributed by atoms with van der Waals surface area (Å²) in [5, 5.41) is 0. The molecule has 0 spiro atoms. The van der Waals surface area contributed by atoms with E-state index in [4.69, 9.17) is 10.5 Å². The fourth-order valence-electron chi connectivity index (χ4n) is 2.08. The molecule has 0 saturated carbocycles. The summed E-state index contributed by atoms with van der Waals surface area (Å²) in [6, 6.07) is 0.300. The minimum Gasteiger partial charge on any atom is -0.383 e. The van der Waals surface area contributed by atoms with Crippen molar-refractivity contribution in [2.24, 2.45) is 5.73 Å². The highest BCUT2D eigenvalue weighted by Gasteiger charge is 2.20. The van der Waals surface area contributed by atoms with Crippen molar-refractivity contribution >= 4 is 5.91 Å². The number of piperidine rings is 1. The maximum Gasteiger partial charge on any atom is 0.237 e. The van der Waals surface area contributed by atoms with E-state index < -0.39 is 0 Å². The Morgan fingerprint density at radius 3 is 2.78 bits per heavy atom. The molecule has 0 aromatic rings. The van der Waals surface area contributed by atoms with Crippen molar-refractivity contribution in [1.82, 2.24) is 9.80 Å². The summed E-state index contributed by atoms with van der Waals surface area (Å²) < 4.78 is 5.01. The Morgan fingerprint density at radius 2 is 2.22 bits per heavy atom. The number of ether oxygens (including phenoxy) is 1. The highest BCUT2D eigenvalue weighted by molar-refractivity contribution is 5.78. The van der Waals surface area contributed by atoms with Gasteiger partial charge in [-0.3, -0.25) is 9.69 Å². The Morgan fingerprint density at radius 1 is 1.56 bits per heavy atom. The van der Waals surface area contributed by atoms with E-state index in [1.54, 1.807) is 18.1 Å². The average Bonchev–Trinajstić information content (AvgIpc) is 2.37. The lowest BCUT2D eigenvalue weighted by molar-refractivity contribution is -0.132. The van der Waals surface area contributed by atoms with Gasteiger partial charge in [0.2, 0.25) is 5.91 Å². The van der Waals surface area contributed by atoms with Crippen LogP contribution in [0.3, 0.4) is 0 Å². The number of likely N-dealkylation sites (tertiary alicyclic amines) is 1. The lowest BCUT2D eigenvalue weighted by Gasteiger charge is -2.31. The fourth-order valence-corrected chi connectivity index (χ4v) is 2.08. The van der Waals surface area contributed by atoms with Crippen LogP contribution in [-0.4, -0.2) is 68.2 Å². The number of nitrogens with zero attached hydrogens (tertiary/aromatic N) is 2. The van der Waals surface area contributed by atoms with Gasteiger partial charge in [0.25, 0.3) is 0 Å². The van der Waals surface area contributed by atoms with Crippen LogP contribution in [0.4, 0.5) is 0 Å². The van der Waals surface area contributed by atoms with Crippen LogP contribution < -0.4 is 5.73 Å². The maximum atomic E-state index is 12.1. The van der Waals surface area contributed by atoms with Gasteiger partial charge in [-0.25, -0.2) is 0 Å². The first-order chi connectivity index (χ1) is 8.67. The molecule has 1 rings (SSSR count). The minimum atomic E-state index is 0.141. The van der Waals surface area contributed by atoms with Crippen LogP contribution in [0.15, 0.2) is 12.7 Å². The van der Waals surface area contributed by atoms with Gasteiger partial charge in [-0.05, 0) is 12.8 Å². The van der Waals surface area contributed by atoms with Crippen LogP contribution in [0.1, 0.15) is 12.8 Å². The Kier molecular flexibility index (Phi) is 6.93. The third kappa shape index (κ3) is 5.16. The summed E-state index contributed by atoms with van der Waals surface area (Å²) in [5.74, 6) is 0.141. The Balaban J connectivity index is 2.37. The van der Waals surface area contributed by atoms with E-state index in [2.05, 4.69) is 11.5 Å². The van der Waals surface area contributed by atoms with Gasteiger partial charge in [0, 0.05) is 39.3 Å². The van der Waals surface area contributed by atoms with E-state index in [-0.39, 0.29) is 5.91 Å². The Hall–Kier alpha value is -0.910. The summed E-state index contributed by atoms with van der Waals surface area (Å²) >= 11 is 0. The predicted octanol–water partition coefficient (Wildman–Crippen LogP) is 0.0705. The lowest BCUT2D eigenvalue weighted by atomic mass is 10.1. The zero-order valence-electron chi connectivity index (χ0n) is 11.3. The molecule has 1 fully saturated rings. The van der Waals surface area contributed by atoms with E-state index in [1.807, 2.05) is 0 Å². The molecule has 0 radical (unpaired) electrons. The van der Waals surface area contributed by atoms with Gasteiger partial charge in [-0.1, -0.05) is 6.08 Å². The molecule has 5 heteroatoms. The lowest BCUT2D eigenvalue weighted by Crippen LogP contribution is -2.46. The second-order valence-corrected chi connectivity index (χ2v) is 4.73. The summed E-state index contributed by atoms with van der Waals surface area (Å²) in [6.07, 6.45) is 3.71. The van der Waals surface area contributed by atoms with Crippen molar-refractivity contribution in [1.29, 1.82) is 0 Å². The van der Waals surface area contributed by atoms with Gasteiger partial charge >= 0.3 is 0 Å². The third-order valence-corrected chi connectivity index (χ3v) is 3.26. The number of rotatable bonds is 7. The van der Waals surface area contributed by atoms with Gasteiger partial charge in [0.1, 0.15) is 0 Å². The molecule has 1 aliphatic heterocycles. The number of amides is 1. The average molecular weight is 255 g/mol. The SMILES string of the molecule is C=CCN(CCOC)C(=O)CN1CCC(N)CC1. The molecule has 1 amide bonds. The quantitative estimate of drug-likeness (QED) is 0.654. The minimum absolute atomic E-state index is 0.141. The molecule has 0 aromatic carbocycles. The monoisotopic (exact) mass is 255 g/mol. The fraction of sp³-hybridized carbons (Fsp3) is 0.769. The molecule has 1 aliphatic rings. The number of hydrogen-bond acceptors (Lipinski definition) is 4. The van der Waals surface area contributed by atoms with E-state index in [1.165, 1.54) is 0 Å². The van der Waals surface area contributed by atoms with Crippen LogP contribution >= 0.6 is 0 Å². The molecule has 0 aliphatic carbocycles. The first kappa shape index (κ1) is 15.1. The maximum absolute atomic E-state index is 12.1. The normalized spacial score (nSPS) is 17.7. The molecule has 0 atom stereocenters. The zero-order valence-corrected chi connectivity index (χ0v) is 11.3. The van der Waals surface area contributed by atoms with Crippen LogP contribution in [0.2, 0.25) is 0 Å². The van der Waals surface area contributed by atoms with Crippen molar-refractivity contribution in [2.75, 3.05) is 46.4 Å². The molecule has 18 heavy (non-hydrogen) atoms. The molecule has 1 heterocycles.